The van der Waals surface area contributed by atoms with E-state index in [-0.39, 0.29) is 5.57 Å². The van der Waals surface area contributed by atoms with Crippen molar-refractivity contribution in [1.82, 2.24) is 0 Å². The molecule has 8 nitrogen and oxygen atoms in total. The summed E-state index contributed by atoms with van der Waals surface area (Å²) in [5, 5.41) is 5.60. The molecule has 0 spiro atoms. The monoisotopic (exact) mass is 464 g/mol. The zero-order chi connectivity index (χ0) is 24.5. The fraction of sp³-hybridized carbons (Fsp3) is 0.0741. The molecule has 0 unspecified atom stereocenters. The third kappa shape index (κ3) is 3.80. The number of carbonyl (C=O) groups is 4. The highest BCUT2D eigenvalue weighted by molar-refractivity contribution is 6.45. The number of hydrazone groups is 1. The molecule has 2 aliphatic rings. The lowest BCUT2D eigenvalue weighted by atomic mass is 9.98. The first-order valence-corrected chi connectivity index (χ1v) is 11.0. The van der Waals surface area contributed by atoms with Crippen molar-refractivity contribution in [2.75, 3.05) is 14.8 Å². The molecule has 0 N–H and O–H groups in total. The molecule has 35 heavy (non-hydrogen) atoms. The molecule has 2 heterocycles. The van der Waals surface area contributed by atoms with E-state index in [1.54, 1.807) is 91.9 Å². The Hall–Kier alpha value is -4.85. The van der Waals surface area contributed by atoms with Gasteiger partial charge in [0.2, 0.25) is 0 Å². The number of rotatable bonds is 4. The lowest BCUT2D eigenvalue weighted by Gasteiger charge is -2.34. The first-order chi connectivity index (χ1) is 17.0. The number of barbiturate groups is 1. The van der Waals surface area contributed by atoms with Gasteiger partial charge < -0.3 is 0 Å². The van der Waals surface area contributed by atoms with Crippen LogP contribution >= 0.6 is 0 Å². The third-order valence-electron chi connectivity index (χ3n) is 5.80. The number of anilines is 3. The molecule has 0 bridgehead atoms. The van der Waals surface area contributed by atoms with Crippen LogP contribution in [0.1, 0.15) is 6.92 Å². The van der Waals surface area contributed by atoms with Gasteiger partial charge in [0.15, 0.2) is 0 Å². The number of nitrogens with zero attached hydrogens (tertiary/aromatic N) is 4. The third-order valence-corrected chi connectivity index (χ3v) is 5.80. The summed E-state index contributed by atoms with van der Waals surface area (Å²) in [6, 6.07) is 24.8. The summed E-state index contributed by atoms with van der Waals surface area (Å²) in [5.41, 5.74) is 1.36. The number of urea groups is 1. The predicted octanol–water partition coefficient (Wildman–Crippen LogP) is 4.15. The highest BCUT2D eigenvalue weighted by Crippen LogP contribution is 2.31. The Labute approximate surface area is 201 Å². The number of hydrogen-bond donors (Lipinski definition) is 0. The van der Waals surface area contributed by atoms with Crippen molar-refractivity contribution in [2.24, 2.45) is 11.0 Å². The van der Waals surface area contributed by atoms with Gasteiger partial charge in [-0.2, -0.15) is 10.1 Å². The molecular formula is C27H20N4O4. The normalized spacial score (nSPS) is 18.3. The van der Waals surface area contributed by atoms with E-state index < -0.39 is 29.7 Å². The van der Waals surface area contributed by atoms with E-state index in [4.69, 9.17) is 0 Å². The summed E-state index contributed by atoms with van der Waals surface area (Å²) in [7, 11) is 0. The Morgan fingerprint density at radius 1 is 0.657 bits per heavy atom. The molecule has 3 aromatic carbocycles. The average molecular weight is 464 g/mol. The quantitative estimate of drug-likeness (QED) is 0.429. The maximum Gasteiger partial charge on any atom is 0.343 e. The van der Waals surface area contributed by atoms with Crippen LogP contribution in [-0.2, 0) is 14.4 Å². The molecule has 0 radical (unpaired) electrons. The van der Waals surface area contributed by atoms with Crippen LogP contribution in [0.4, 0.5) is 21.9 Å². The maximum atomic E-state index is 13.5. The van der Waals surface area contributed by atoms with E-state index in [1.807, 2.05) is 6.07 Å². The molecule has 0 aromatic heterocycles. The van der Waals surface area contributed by atoms with Gasteiger partial charge in [-0.15, -0.1) is 0 Å². The number of amides is 5. The molecule has 5 amide bonds. The summed E-state index contributed by atoms with van der Waals surface area (Å²) in [6.07, 6.45) is 1.31. The van der Waals surface area contributed by atoms with Crippen molar-refractivity contribution in [2.45, 2.75) is 6.92 Å². The van der Waals surface area contributed by atoms with Gasteiger partial charge in [-0.25, -0.2) is 14.6 Å². The second-order valence-corrected chi connectivity index (χ2v) is 8.02. The molecule has 0 saturated carbocycles. The second kappa shape index (κ2) is 8.83. The van der Waals surface area contributed by atoms with Gasteiger partial charge in [0.1, 0.15) is 5.57 Å². The first-order valence-electron chi connectivity index (χ1n) is 11.0. The minimum atomic E-state index is -0.929. The average Bonchev–Trinajstić information content (AvgIpc) is 3.16. The molecule has 3 aromatic rings. The largest absolute Gasteiger partial charge is 0.343 e. The maximum absolute atomic E-state index is 13.5. The Bertz CT molecular complexity index is 1320. The minimum absolute atomic E-state index is 0.278. The van der Waals surface area contributed by atoms with Crippen LogP contribution in [0.2, 0.25) is 0 Å². The molecule has 0 aliphatic carbocycles. The van der Waals surface area contributed by atoms with Crippen molar-refractivity contribution in [1.29, 1.82) is 0 Å². The van der Waals surface area contributed by atoms with Crippen LogP contribution in [0, 0.1) is 5.92 Å². The summed E-state index contributed by atoms with van der Waals surface area (Å²) < 4.78 is 0. The second-order valence-electron chi connectivity index (χ2n) is 8.02. The Morgan fingerprint density at radius 2 is 1.09 bits per heavy atom. The number of para-hydroxylation sites is 3. The molecule has 2 aliphatic heterocycles. The van der Waals surface area contributed by atoms with Crippen LogP contribution in [0.5, 0.6) is 0 Å². The van der Waals surface area contributed by atoms with Gasteiger partial charge in [0.25, 0.3) is 17.7 Å². The first kappa shape index (κ1) is 22.0. The van der Waals surface area contributed by atoms with Crippen LogP contribution in [0.25, 0.3) is 0 Å². The fourth-order valence-corrected chi connectivity index (χ4v) is 4.05. The molecule has 1 saturated heterocycles. The van der Waals surface area contributed by atoms with Crippen LogP contribution in [0.15, 0.2) is 108 Å². The molecule has 5 rings (SSSR count). The van der Waals surface area contributed by atoms with Crippen molar-refractivity contribution in [3.05, 3.63) is 103 Å². The van der Waals surface area contributed by atoms with E-state index in [2.05, 4.69) is 5.10 Å². The summed E-state index contributed by atoms with van der Waals surface area (Å²) >= 11 is 0. The van der Waals surface area contributed by atoms with Gasteiger partial charge >= 0.3 is 6.03 Å². The van der Waals surface area contributed by atoms with Crippen molar-refractivity contribution < 1.29 is 19.2 Å². The number of hydrogen-bond acceptors (Lipinski definition) is 5. The zero-order valence-electron chi connectivity index (χ0n) is 18.7. The molecule has 172 valence electrons. The highest BCUT2D eigenvalue weighted by Gasteiger charge is 2.45. The van der Waals surface area contributed by atoms with Gasteiger partial charge in [-0.05, 0) is 49.4 Å². The van der Waals surface area contributed by atoms with Gasteiger partial charge in [0.05, 0.1) is 28.7 Å². The predicted molar refractivity (Wildman–Crippen MR) is 132 cm³/mol. The number of benzene rings is 3. The smallest absolute Gasteiger partial charge is 0.271 e. The molecule has 1 fully saturated rings. The van der Waals surface area contributed by atoms with E-state index in [9.17, 15) is 19.2 Å². The summed E-state index contributed by atoms with van der Waals surface area (Å²) in [4.78, 5) is 55.5. The summed E-state index contributed by atoms with van der Waals surface area (Å²) in [5.74, 6) is -2.91. The Morgan fingerprint density at radius 3 is 1.54 bits per heavy atom. The summed E-state index contributed by atoms with van der Waals surface area (Å²) in [6.45, 7) is 1.66. The van der Waals surface area contributed by atoms with Crippen LogP contribution < -0.4 is 14.8 Å². The van der Waals surface area contributed by atoms with Crippen LogP contribution in [-0.4, -0.2) is 29.5 Å². The van der Waals surface area contributed by atoms with Crippen molar-refractivity contribution >= 4 is 46.5 Å². The lowest BCUT2D eigenvalue weighted by Crippen LogP contribution is -2.57. The van der Waals surface area contributed by atoms with E-state index in [0.717, 1.165) is 9.80 Å². The van der Waals surface area contributed by atoms with Crippen molar-refractivity contribution in [3.63, 3.8) is 0 Å². The number of imide groups is 2. The SMILES string of the molecule is CC1=NN(c2ccccc2)C(=O)[C@H]1C=C1C(=O)N(c2ccccc2)C(=O)N(c2ccccc2)C1=O. The van der Waals surface area contributed by atoms with Gasteiger partial charge in [0, 0.05) is 0 Å². The topological polar surface area (TPSA) is 90.4 Å². The lowest BCUT2D eigenvalue weighted by molar-refractivity contribution is -0.121. The minimum Gasteiger partial charge on any atom is -0.271 e. The standard InChI is InChI=1S/C27H20N4O4/c1-18-22(26(34)31(28-18)21-15-9-4-10-16-21)17-23-24(32)29(19-11-5-2-6-12-19)27(35)30(25(23)33)20-13-7-3-8-14-20/h2-17,22H,1H3/t22-/m0/s1. The van der Waals surface area contributed by atoms with Gasteiger partial charge in [-0.1, -0.05) is 54.6 Å². The Balaban J connectivity index is 1.58. The Kier molecular flexibility index (Phi) is 5.54. The van der Waals surface area contributed by atoms with Crippen LogP contribution in [0.3, 0.4) is 0 Å². The number of carbonyl (C=O) groups excluding carboxylic acids is 4. The zero-order valence-corrected chi connectivity index (χ0v) is 18.7. The van der Waals surface area contributed by atoms with Crippen molar-refractivity contribution in [3.8, 4) is 0 Å². The molecule has 1 atom stereocenters. The fourth-order valence-electron chi connectivity index (χ4n) is 4.05. The molecule has 8 heteroatoms. The van der Waals surface area contributed by atoms with E-state index in [0.29, 0.717) is 22.8 Å². The van der Waals surface area contributed by atoms with E-state index >= 15 is 0 Å². The van der Waals surface area contributed by atoms with E-state index in [1.165, 1.54) is 11.1 Å². The highest BCUT2D eigenvalue weighted by atomic mass is 16.2. The van der Waals surface area contributed by atoms with Gasteiger partial charge in [-0.3, -0.25) is 14.4 Å². The molecular weight excluding hydrogens is 444 g/mol.